The van der Waals surface area contributed by atoms with Crippen molar-refractivity contribution in [2.75, 3.05) is 0 Å². The molecular formula is C90H88Cl2HfO4Si6. The third kappa shape index (κ3) is 7.89. The van der Waals surface area contributed by atoms with Crippen molar-refractivity contribution in [1.82, 2.24) is 0 Å². The Balaban J connectivity index is 1.17. The van der Waals surface area contributed by atoms with Crippen molar-refractivity contribution >= 4 is 135 Å². The van der Waals surface area contributed by atoms with Crippen LogP contribution in [-0.2, 0) is 25.8 Å². The maximum atomic E-state index is 12.3. The van der Waals surface area contributed by atoms with Gasteiger partial charge in [-0.3, -0.25) is 0 Å². The molecular weight excluding hydrogens is 1560 g/mol. The van der Waals surface area contributed by atoms with Gasteiger partial charge in [0.05, 0.1) is 0 Å². The second-order valence-electron chi connectivity index (χ2n) is 34.7. The van der Waals surface area contributed by atoms with E-state index >= 15 is 0 Å². The second-order valence-corrected chi connectivity index (χ2v) is 109. The molecule has 103 heavy (non-hydrogen) atoms. The molecule has 2 saturated heterocycles. The number of rotatable bonds is 12. The van der Waals surface area contributed by atoms with Crippen LogP contribution in [0.25, 0.3) is 91.1 Å². The van der Waals surface area contributed by atoms with Crippen LogP contribution in [0.1, 0.15) is 67.5 Å². The monoisotopic (exact) mass is 1650 g/mol. The van der Waals surface area contributed by atoms with Crippen molar-refractivity contribution in [3.8, 4) is 44.5 Å². The van der Waals surface area contributed by atoms with Gasteiger partial charge in [0.25, 0.3) is 0 Å². The molecule has 8 aromatic carbocycles. The first-order valence-electron chi connectivity index (χ1n) is 36.9. The zero-order valence-corrected chi connectivity index (χ0v) is 72.9. The number of fused-ring (bicyclic) bond motifs is 12. The summed E-state index contributed by atoms with van der Waals surface area (Å²) in [6.45, 7) is 34.3. The molecule has 12 aromatic rings. The van der Waals surface area contributed by atoms with Crippen molar-refractivity contribution in [3.63, 3.8) is 0 Å². The van der Waals surface area contributed by atoms with E-state index in [-0.39, 0.29) is 0 Å². The number of hydrogen-bond acceptors (Lipinski definition) is 4. The summed E-state index contributed by atoms with van der Waals surface area (Å²) >= 11 is -8.88. The van der Waals surface area contributed by atoms with Gasteiger partial charge in [0.15, 0.2) is 0 Å². The molecule has 13 heteroatoms. The van der Waals surface area contributed by atoms with Gasteiger partial charge in [-0.05, 0) is 0 Å². The van der Waals surface area contributed by atoms with Crippen LogP contribution in [0.5, 0.6) is 0 Å². The molecule has 5 spiro atoms. The van der Waals surface area contributed by atoms with Crippen LogP contribution in [0.2, 0.25) is 91.7 Å². The fraction of sp³-hybridized carbons (Fsp3) is 0.200. The molecule has 6 heterocycles. The van der Waals surface area contributed by atoms with E-state index in [1.165, 1.54) is 22.3 Å². The summed E-state index contributed by atoms with van der Waals surface area (Å²) in [7, 11) is 9.53. The van der Waals surface area contributed by atoms with Crippen LogP contribution in [0, 0.1) is 0 Å². The first-order chi connectivity index (χ1) is 49.1. The molecule has 2 fully saturated rings. The Morgan fingerprint density at radius 1 is 0.262 bits per heavy atom. The first kappa shape index (κ1) is 67.5. The van der Waals surface area contributed by atoms with E-state index in [1.54, 1.807) is 0 Å². The molecule has 0 saturated carbocycles. The number of halogens is 2. The minimum atomic E-state index is -8.88. The molecule has 0 bridgehead atoms. The molecule has 4 aromatic heterocycles. The predicted octanol–water partition coefficient (Wildman–Crippen LogP) is 22.4. The van der Waals surface area contributed by atoms with E-state index in [0.717, 1.165) is 134 Å². The topological polar surface area (TPSA) is 52.6 Å². The maximum absolute atomic E-state index is 12.3. The molecule has 4 nitrogen and oxygen atoms in total. The number of hydrogen-bond donors (Lipinski definition) is 0. The molecule has 6 aliphatic rings. The van der Waals surface area contributed by atoms with Crippen molar-refractivity contribution in [2.45, 2.75) is 103 Å². The van der Waals surface area contributed by atoms with E-state index in [2.05, 4.69) is 359 Å². The van der Waals surface area contributed by atoms with Crippen LogP contribution in [0.15, 0.2) is 260 Å². The average Bonchev–Trinajstić information content (AvgIpc) is 1.51. The Morgan fingerprint density at radius 2 is 0.466 bits per heavy atom. The fourth-order valence-electron chi connectivity index (χ4n) is 22.6. The third-order valence-electron chi connectivity index (χ3n) is 25.9. The van der Waals surface area contributed by atoms with E-state index in [9.17, 15) is 17.2 Å². The molecule has 514 valence electrons. The molecule has 18 rings (SSSR count). The molecule has 4 unspecified atom stereocenters. The Bertz CT molecular complexity index is 5010. The molecule has 0 amide bonds. The second kappa shape index (κ2) is 22.1. The summed E-state index contributed by atoms with van der Waals surface area (Å²) in [5.41, 5.74) is 22.9. The van der Waals surface area contributed by atoms with Gasteiger partial charge in [0.1, 0.15) is 0 Å². The zero-order valence-electron chi connectivity index (χ0n) is 61.4. The summed E-state index contributed by atoms with van der Waals surface area (Å²) in [4.78, 5) is 0. The number of furan rings is 4. The van der Waals surface area contributed by atoms with Gasteiger partial charge in [0.2, 0.25) is 0 Å². The Kier molecular flexibility index (Phi) is 14.5. The molecule has 4 atom stereocenters. The van der Waals surface area contributed by atoms with Gasteiger partial charge in [-0.25, -0.2) is 0 Å². The van der Waals surface area contributed by atoms with E-state index in [0.29, 0.717) is 0 Å². The van der Waals surface area contributed by atoms with Gasteiger partial charge >= 0.3 is 625 Å². The van der Waals surface area contributed by atoms with Crippen LogP contribution in [0.3, 0.4) is 0 Å². The van der Waals surface area contributed by atoms with Crippen LogP contribution in [-0.4, -0.2) is 49.9 Å². The summed E-state index contributed by atoms with van der Waals surface area (Å²) in [6, 6.07) is 91.6. The van der Waals surface area contributed by atoms with Gasteiger partial charge in [-0.15, -0.1) is 0 Å². The van der Waals surface area contributed by atoms with Crippen molar-refractivity contribution in [1.29, 1.82) is 0 Å². The summed E-state index contributed by atoms with van der Waals surface area (Å²) in [6.07, 6.45) is 10.3. The van der Waals surface area contributed by atoms with Crippen LogP contribution >= 0.6 is 17.2 Å². The van der Waals surface area contributed by atoms with Crippen molar-refractivity contribution in [3.05, 3.63) is 310 Å². The average molecular weight is 1650 g/mol. The zero-order chi connectivity index (χ0) is 71.7. The van der Waals surface area contributed by atoms with E-state index < -0.39 is 75.7 Å². The van der Waals surface area contributed by atoms with Crippen molar-refractivity contribution < 1.29 is 32.3 Å². The van der Waals surface area contributed by atoms with E-state index in [1.807, 2.05) is 0 Å². The predicted molar refractivity (Wildman–Crippen MR) is 450 cm³/mol. The van der Waals surface area contributed by atoms with Gasteiger partial charge < -0.3 is 0 Å². The Morgan fingerprint density at radius 3 is 0.650 bits per heavy atom. The molecule has 4 aliphatic carbocycles. The SMILES string of the molecule is C[SiH]1[C]2(C(c3ccc([Si](C)(C)C)o3)=Cc3c(-c4ccccc4)cccc32)[Hf]2([Cl])([Cl])([C]13C(c1ccc([Si](C)(C)C)o1)=Cc1c(-c4ccccc4)cccc13)[C]1(C(c3ccc([Si](C)(C)C)o3)=Cc3c(-c4ccccc4)cccc31)[SiH](C)[C]21C(c2ccc([Si](C)(C)C)o2)=Cc2c(-c3ccccc3)cccc21. The quantitative estimate of drug-likeness (QED) is 0.114. The summed E-state index contributed by atoms with van der Waals surface area (Å²) in [5, 5.41) is 4.15. The Hall–Kier alpha value is -7.41. The standard InChI is InChI=1S/2C45H44O2Si3.2ClH.Hf/c2*1-48(44-34-22-14-20-32(30-16-10-8-11-17-30)36(34)28-38(44)40-24-26-42(46-40)49(2,3)4)45-35-23-15-21-33(31-18-12-9-13-19-31)37(35)29-39(45)41-25-27-43(47-41)50(5,6)7;;;/h2*8-29,48H,1-7H3;2*1H;/q;;;;+2/p-2. The molecule has 0 N–H and O–H groups in total. The minimum absolute atomic E-state index is 0.840. The summed E-state index contributed by atoms with van der Waals surface area (Å²) in [5.74, 6) is 3.36. The van der Waals surface area contributed by atoms with Gasteiger partial charge in [-0.1, -0.05) is 0 Å². The normalized spacial score (nSPS) is 24.3. The van der Waals surface area contributed by atoms with Crippen molar-refractivity contribution in [2.24, 2.45) is 0 Å². The van der Waals surface area contributed by atoms with Crippen LogP contribution < -0.4 is 21.5 Å². The molecule has 2 aliphatic heterocycles. The third-order valence-corrected chi connectivity index (χ3v) is 148. The number of allylic oxidation sites excluding steroid dienone is 4. The van der Waals surface area contributed by atoms with E-state index in [4.69, 9.17) is 17.7 Å². The van der Waals surface area contributed by atoms with Gasteiger partial charge in [-0.2, -0.15) is 0 Å². The first-order valence-corrected chi connectivity index (χ1v) is 71.6. The van der Waals surface area contributed by atoms with Gasteiger partial charge in [0, 0.05) is 0 Å². The Labute approximate surface area is 619 Å². The molecule has 0 radical (unpaired) electrons. The number of benzene rings is 8. The summed E-state index contributed by atoms with van der Waals surface area (Å²) < 4.78 is 27.2. The fourth-order valence-corrected chi connectivity index (χ4v) is 192. The van der Waals surface area contributed by atoms with Crippen LogP contribution in [0.4, 0.5) is 0 Å².